The first-order chi connectivity index (χ1) is 5.75. The average Bonchev–Trinajstić information content (AvgIpc) is 2.08. The van der Waals surface area contributed by atoms with Crippen molar-refractivity contribution in [2.45, 2.75) is 19.8 Å². The predicted octanol–water partition coefficient (Wildman–Crippen LogP) is 3.93. The molecule has 0 unspecified atom stereocenters. The Labute approximate surface area is 96.0 Å². The lowest BCUT2D eigenvalue weighted by molar-refractivity contribution is 0.927. The van der Waals surface area contributed by atoms with E-state index in [9.17, 15) is 0 Å². The highest BCUT2D eigenvalue weighted by atomic mass is 127. The zero-order chi connectivity index (χ0) is 8.97. The lowest BCUT2D eigenvalue weighted by Gasteiger charge is -2.05. The molecule has 0 radical (unpaired) electrons. The Morgan fingerprint density at radius 1 is 1.42 bits per heavy atom. The van der Waals surface area contributed by atoms with Crippen molar-refractivity contribution in [1.29, 1.82) is 0 Å². The molecule has 0 spiro atoms. The van der Waals surface area contributed by atoms with Crippen molar-refractivity contribution in [3.8, 4) is 0 Å². The minimum atomic E-state index is 1.10. The van der Waals surface area contributed by atoms with Crippen LogP contribution in [0.3, 0.4) is 0 Å². The van der Waals surface area contributed by atoms with Crippen molar-refractivity contribution < 1.29 is 0 Å². The Balaban J connectivity index is 2.78. The quantitative estimate of drug-likeness (QED) is 0.578. The Bertz CT molecular complexity index is 258. The van der Waals surface area contributed by atoms with Crippen molar-refractivity contribution in [1.82, 2.24) is 0 Å². The minimum Gasteiger partial charge on any atom is -0.0928 e. The lowest BCUT2D eigenvalue weighted by atomic mass is 10.1. The van der Waals surface area contributed by atoms with E-state index in [0.717, 1.165) is 5.33 Å². The fourth-order valence-corrected chi connectivity index (χ4v) is 2.01. The van der Waals surface area contributed by atoms with Gasteiger partial charge in [0.1, 0.15) is 0 Å². The van der Waals surface area contributed by atoms with E-state index in [1.165, 1.54) is 27.5 Å². The first kappa shape index (κ1) is 10.5. The van der Waals surface area contributed by atoms with Crippen LogP contribution >= 0.6 is 38.5 Å². The van der Waals surface area contributed by atoms with E-state index in [4.69, 9.17) is 0 Å². The van der Waals surface area contributed by atoms with E-state index in [0.29, 0.717) is 0 Å². The summed E-state index contributed by atoms with van der Waals surface area (Å²) in [6.45, 7) is 2.20. The van der Waals surface area contributed by atoms with E-state index in [-0.39, 0.29) is 0 Å². The number of aryl methyl sites for hydroxylation is 1. The lowest BCUT2D eigenvalue weighted by Crippen LogP contribution is -1.92. The summed E-state index contributed by atoms with van der Waals surface area (Å²) in [5.74, 6) is 0. The molecule has 12 heavy (non-hydrogen) atoms. The number of alkyl halides is 1. The molecule has 0 aromatic heterocycles. The van der Waals surface area contributed by atoms with E-state index < -0.39 is 0 Å². The van der Waals surface area contributed by atoms with Crippen LogP contribution in [-0.4, -0.2) is 5.33 Å². The van der Waals surface area contributed by atoms with Crippen molar-refractivity contribution in [2.75, 3.05) is 5.33 Å². The predicted molar refractivity (Wildman–Crippen MR) is 66.0 cm³/mol. The molecule has 0 saturated carbocycles. The standard InChI is InChI=1S/C10H12BrI/c1-8-9(5-3-7-11)4-2-6-10(8)12/h2,4,6H,3,5,7H2,1H3. The van der Waals surface area contributed by atoms with Gasteiger partial charge in [-0.25, -0.2) is 0 Å². The van der Waals surface area contributed by atoms with Crippen LogP contribution in [0.5, 0.6) is 0 Å². The Morgan fingerprint density at radius 2 is 2.17 bits per heavy atom. The van der Waals surface area contributed by atoms with Gasteiger partial charge in [-0.3, -0.25) is 0 Å². The molecule has 0 saturated heterocycles. The average molecular weight is 339 g/mol. The number of hydrogen-bond acceptors (Lipinski definition) is 0. The van der Waals surface area contributed by atoms with Crippen molar-refractivity contribution >= 4 is 38.5 Å². The highest BCUT2D eigenvalue weighted by Crippen LogP contribution is 2.17. The summed E-state index contributed by atoms with van der Waals surface area (Å²) in [4.78, 5) is 0. The van der Waals surface area contributed by atoms with Gasteiger partial charge in [0.2, 0.25) is 0 Å². The summed E-state index contributed by atoms with van der Waals surface area (Å²) in [5, 5.41) is 1.10. The summed E-state index contributed by atoms with van der Waals surface area (Å²) in [5.41, 5.74) is 2.93. The summed E-state index contributed by atoms with van der Waals surface area (Å²) in [6, 6.07) is 6.52. The zero-order valence-electron chi connectivity index (χ0n) is 7.11. The van der Waals surface area contributed by atoms with Gasteiger partial charge in [0.25, 0.3) is 0 Å². The molecule has 0 heterocycles. The molecule has 0 fully saturated rings. The first-order valence-electron chi connectivity index (χ1n) is 4.05. The Kier molecular flexibility index (Phi) is 4.57. The molecule has 0 N–H and O–H groups in total. The van der Waals surface area contributed by atoms with E-state index >= 15 is 0 Å². The monoisotopic (exact) mass is 338 g/mol. The Hall–Kier alpha value is 0.430. The molecule has 2 heteroatoms. The molecule has 66 valence electrons. The highest BCUT2D eigenvalue weighted by Gasteiger charge is 1.99. The van der Waals surface area contributed by atoms with Crippen LogP contribution in [0.2, 0.25) is 0 Å². The second kappa shape index (κ2) is 5.22. The Morgan fingerprint density at radius 3 is 2.83 bits per heavy atom. The molecule has 0 bridgehead atoms. The molecule has 0 atom stereocenters. The van der Waals surface area contributed by atoms with Gasteiger partial charge in [-0.2, -0.15) is 0 Å². The van der Waals surface area contributed by atoms with Gasteiger partial charge in [0, 0.05) is 8.90 Å². The number of rotatable bonds is 3. The van der Waals surface area contributed by atoms with Crippen LogP contribution in [0.1, 0.15) is 17.5 Å². The normalized spacial score (nSPS) is 10.2. The van der Waals surface area contributed by atoms with Crippen LogP contribution in [0.15, 0.2) is 18.2 Å². The van der Waals surface area contributed by atoms with Gasteiger partial charge in [0.15, 0.2) is 0 Å². The number of benzene rings is 1. The van der Waals surface area contributed by atoms with Gasteiger partial charge < -0.3 is 0 Å². The van der Waals surface area contributed by atoms with Gasteiger partial charge in [-0.1, -0.05) is 28.1 Å². The van der Waals surface area contributed by atoms with Crippen molar-refractivity contribution in [3.63, 3.8) is 0 Å². The van der Waals surface area contributed by atoms with Crippen LogP contribution in [0.25, 0.3) is 0 Å². The third-order valence-electron chi connectivity index (χ3n) is 1.96. The molecule has 0 aliphatic heterocycles. The molecule has 0 aliphatic carbocycles. The van der Waals surface area contributed by atoms with Crippen LogP contribution in [0.4, 0.5) is 0 Å². The third kappa shape index (κ3) is 2.73. The van der Waals surface area contributed by atoms with E-state index in [2.05, 4.69) is 63.6 Å². The van der Waals surface area contributed by atoms with Crippen LogP contribution < -0.4 is 0 Å². The molecule has 0 aliphatic rings. The maximum Gasteiger partial charge on any atom is 0.0162 e. The van der Waals surface area contributed by atoms with Gasteiger partial charge in [-0.15, -0.1) is 0 Å². The molecular formula is C10H12BrI. The highest BCUT2D eigenvalue weighted by molar-refractivity contribution is 14.1. The summed E-state index contributed by atoms with van der Waals surface area (Å²) < 4.78 is 1.37. The third-order valence-corrected chi connectivity index (χ3v) is 3.69. The molecule has 1 aromatic rings. The molecular weight excluding hydrogens is 327 g/mol. The maximum absolute atomic E-state index is 3.45. The topological polar surface area (TPSA) is 0 Å². The summed E-state index contributed by atoms with van der Waals surface area (Å²) in [7, 11) is 0. The molecule has 1 aromatic carbocycles. The number of hydrogen-bond donors (Lipinski definition) is 0. The second-order valence-corrected chi connectivity index (χ2v) is 4.77. The second-order valence-electron chi connectivity index (χ2n) is 2.82. The minimum absolute atomic E-state index is 1.10. The van der Waals surface area contributed by atoms with Crippen LogP contribution in [-0.2, 0) is 6.42 Å². The first-order valence-corrected chi connectivity index (χ1v) is 6.25. The van der Waals surface area contributed by atoms with E-state index in [1.54, 1.807) is 0 Å². The summed E-state index contributed by atoms with van der Waals surface area (Å²) >= 11 is 5.84. The molecule has 0 amide bonds. The molecule has 1 rings (SSSR count). The van der Waals surface area contributed by atoms with Gasteiger partial charge in [0.05, 0.1) is 0 Å². The van der Waals surface area contributed by atoms with Gasteiger partial charge >= 0.3 is 0 Å². The summed E-state index contributed by atoms with van der Waals surface area (Å²) in [6.07, 6.45) is 2.41. The largest absolute Gasteiger partial charge is 0.0928 e. The zero-order valence-corrected chi connectivity index (χ0v) is 10.9. The van der Waals surface area contributed by atoms with Crippen LogP contribution in [0, 0.1) is 10.5 Å². The van der Waals surface area contributed by atoms with E-state index in [1.807, 2.05) is 0 Å². The van der Waals surface area contributed by atoms with Crippen molar-refractivity contribution in [2.24, 2.45) is 0 Å². The number of halogens is 2. The van der Waals surface area contributed by atoms with Crippen molar-refractivity contribution in [3.05, 3.63) is 32.9 Å². The fourth-order valence-electron chi connectivity index (χ4n) is 1.18. The smallest absolute Gasteiger partial charge is 0.0162 e. The fraction of sp³-hybridized carbons (Fsp3) is 0.400. The maximum atomic E-state index is 3.45. The SMILES string of the molecule is Cc1c(I)cccc1CCCBr. The molecule has 0 nitrogen and oxygen atoms in total. The van der Waals surface area contributed by atoms with Gasteiger partial charge in [-0.05, 0) is 59.5 Å².